The fourth-order valence-corrected chi connectivity index (χ4v) is 6.53. The highest BCUT2D eigenvalue weighted by molar-refractivity contribution is 6.42. The first kappa shape index (κ1) is 28.6. The van der Waals surface area contributed by atoms with Gasteiger partial charge in [0.1, 0.15) is 11.9 Å². The van der Waals surface area contributed by atoms with Crippen LogP contribution in [0.15, 0.2) is 60.4 Å². The number of ketones is 1. The number of allylic oxidation sites excluding steroid dienone is 5. The number of aryl methyl sites for hydroxylation is 1. The molecule has 2 N–H and O–H groups in total. The normalized spacial score (nSPS) is 21.1. The predicted molar refractivity (Wildman–Crippen MR) is 158 cm³/mol. The number of carbonyl (C=O) groups excluding carboxylic acids is 2. The van der Waals surface area contributed by atoms with Crippen LogP contribution in [0.1, 0.15) is 59.2 Å². The summed E-state index contributed by atoms with van der Waals surface area (Å²) >= 11 is 12.9. The predicted octanol–water partition coefficient (Wildman–Crippen LogP) is 6.82. The van der Waals surface area contributed by atoms with Crippen molar-refractivity contribution in [2.75, 3.05) is 26.3 Å². The molecule has 1 saturated heterocycles. The maximum absolute atomic E-state index is 12.6. The van der Waals surface area contributed by atoms with E-state index in [-0.39, 0.29) is 18.7 Å². The van der Waals surface area contributed by atoms with Gasteiger partial charge in [-0.15, -0.1) is 0 Å². The van der Waals surface area contributed by atoms with Gasteiger partial charge in [-0.1, -0.05) is 47.5 Å². The van der Waals surface area contributed by atoms with E-state index in [1.165, 1.54) is 0 Å². The first-order valence-electron chi connectivity index (χ1n) is 13.8. The maximum atomic E-state index is 12.6. The molecule has 2 aromatic rings. The molecule has 2 aromatic carbocycles. The Kier molecular flexibility index (Phi) is 9.09. The van der Waals surface area contributed by atoms with Crippen LogP contribution in [0, 0.1) is 5.92 Å². The molecule has 3 aliphatic rings. The Balaban J connectivity index is 1.46. The van der Waals surface area contributed by atoms with Crippen molar-refractivity contribution in [2.45, 2.75) is 44.6 Å². The van der Waals surface area contributed by atoms with Crippen molar-refractivity contribution < 1.29 is 18.7 Å². The van der Waals surface area contributed by atoms with E-state index in [0.717, 1.165) is 85.3 Å². The minimum absolute atomic E-state index is 0.0632. The van der Waals surface area contributed by atoms with E-state index in [1.807, 2.05) is 24.3 Å². The van der Waals surface area contributed by atoms with Crippen molar-refractivity contribution in [3.05, 3.63) is 92.7 Å². The van der Waals surface area contributed by atoms with Gasteiger partial charge in [0.2, 0.25) is 5.78 Å². The number of Topliss-reactive ketones (excluding diaryl/α,β-unsaturated/α-hetero) is 1. The number of hydrogen-bond donors (Lipinski definition) is 1. The summed E-state index contributed by atoms with van der Waals surface area (Å²) in [5.41, 5.74) is 10.9. The van der Waals surface area contributed by atoms with Gasteiger partial charge in [0, 0.05) is 41.2 Å². The number of likely N-dealkylation sites (tertiary alicyclic amines) is 1. The minimum Gasteiger partial charge on any atom is -0.489 e. The molecule has 5 nitrogen and oxygen atoms in total. The van der Waals surface area contributed by atoms with Crippen molar-refractivity contribution in [3.63, 3.8) is 0 Å². The molecule has 1 aliphatic heterocycles. The summed E-state index contributed by atoms with van der Waals surface area (Å²) in [5, 5.41) is 1.18. The summed E-state index contributed by atoms with van der Waals surface area (Å²) in [6.45, 7) is 2.23. The van der Waals surface area contributed by atoms with Gasteiger partial charge < -0.3 is 10.5 Å². The zero-order chi connectivity index (χ0) is 28.2. The lowest BCUT2D eigenvalue weighted by molar-refractivity contribution is -0.114. The number of halogens is 3. The molecule has 40 heavy (non-hydrogen) atoms. The third-order valence-corrected chi connectivity index (χ3v) is 8.46. The molecule has 1 fully saturated rings. The third kappa shape index (κ3) is 6.35. The van der Waals surface area contributed by atoms with Crippen molar-refractivity contribution in [3.8, 4) is 0 Å². The Morgan fingerprint density at radius 1 is 1.10 bits per heavy atom. The first-order chi connectivity index (χ1) is 19.3. The van der Waals surface area contributed by atoms with Gasteiger partial charge in [0.15, 0.2) is 0 Å². The number of amides is 1. The molecule has 1 heterocycles. The highest BCUT2D eigenvalue weighted by atomic mass is 35.5. The molecule has 2 unspecified atom stereocenters. The number of primary amides is 1. The zero-order valence-corrected chi connectivity index (χ0v) is 23.8. The summed E-state index contributed by atoms with van der Waals surface area (Å²) in [4.78, 5) is 26.2. The average Bonchev–Trinajstić information content (AvgIpc) is 3.30. The van der Waals surface area contributed by atoms with Crippen molar-refractivity contribution in [2.24, 2.45) is 11.7 Å². The van der Waals surface area contributed by atoms with E-state index in [0.29, 0.717) is 22.0 Å². The number of benzene rings is 2. The van der Waals surface area contributed by atoms with Crippen LogP contribution < -0.4 is 5.73 Å². The highest BCUT2D eigenvalue weighted by Crippen LogP contribution is 2.45. The summed E-state index contributed by atoms with van der Waals surface area (Å²) in [6.07, 6.45) is 11.1. The quantitative estimate of drug-likeness (QED) is 0.260. The number of nitrogens with zero attached hydrogens (tertiary/aromatic N) is 1. The van der Waals surface area contributed by atoms with Crippen molar-refractivity contribution in [1.82, 2.24) is 4.90 Å². The molecule has 0 bridgehead atoms. The molecule has 0 spiro atoms. The van der Waals surface area contributed by atoms with Gasteiger partial charge in [0.05, 0.1) is 6.67 Å². The van der Waals surface area contributed by atoms with E-state index in [1.54, 1.807) is 18.2 Å². The number of fused-ring (bicyclic) bond motifs is 1. The van der Waals surface area contributed by atoms with Gasteiger partial charge >= 0.3 is 0 Å². The fourth-order valence-electron chi connectivity index (χ4n) is 6.01. The SMILES string of the molecule is NC(=O)C(=O)c1ccc2c(c1)CCCC(c1ccc(Cl)cc1Cl)=C2C1C=CC(OC2CCN(CCCF)C2)=CC1. The van der Waals surface area contributed by atoms with Crippen LogP contribution in [0.25, 0.3) is 11.1 Å². The lowest BCUT2D eigenvalue weighted by Crippen LogP contribution is -2.24. The largest absolute Gasteiger partial charge is 0.489 e. The van der Waals surface area contributed by atoms with Crippen LogP contribution in [0.4, 0.5) is 4.39 Å². The molecule has 5 rings (SSSR count). The van der Waals surface area contributed by atoms with Crippen LogP contribution in [0.5, 0.6) is 0 Å². The van der Waals surface area contributed by atoms with Crippen LogP contribution in [0.3, 0.4) is 0 Å². The molecule has 1 amide bonds. The Labute approximate surface area is 244 Å². The number of carbonyl (C=O) groups is 2. The van der Waals surface area contributed by atoms with E-state index in [4.69, 9.17) is 33.7 Å². The van der Waals surface area contributed by atoms with Gasteiger partial charge in [-0.3, -0.25) is 18.9 Å². The molecule has 8 heteroatoms. The Morgan fingerprint density at radius 3 is 2.65 bits per heavy atom. The second kappa shape index (κ2) is 12.7. The number of rotatable bonds is 9. The highest BCUT2D eigenvalue weighted by Gasteiger charge is 2.28. The molecule has 0 saturated carbocycles. The molecular weight excluding hydrogens is 550 g/mol. The molecule has 2 atom stereocenters. The average molecular weight is 584 g/mol. The first-order valence-corrected chi connectivity index (χ1v) is 14.6. The molecule has 0 aromatic heterocycles. The zero-order valence-electron chi connectivity index (χ0n) is 22.3. The van der Waals surface area contributed by atoms with Crippen LogP contribution in [-0.2, 0) is 16.0 Å². The van der Waals surface area contributed by atoms with Crippen molar-refractivity contribution >= 4 is 46.0 Å². The molecule has 0 radical (unpaired) electrons. The number of alkyl halides is 1. The van der Waals surface area contributed by atoms with E-state index in [2.05, 4.69) is 17.1 Å². The Morgan fingerprint density at radius 2 is 1.93 bits per heavy atom. The van der Waals surface area contributed by atoms with Gasteiger partial charge in [-0.05, 0) is 96.7 Å². The van der Waals surface area contributed by atoms with E-state index >= 15 is 0 Å². The number of ether oxygens (including phenoxy) is 1. The Bertz CT molecular complexity index is 1400. The minimum atomic E-state index is -0.960. The maximum Gasteiger partial charge on any atom is 0.289 e. The molecule has 2 aliphatic carbocycles. The topological polar surface area (TPSA) is 72.6 Å². The summed E-state index contributed by atoms with van der Waals surface area (Å²) in [7, 11) is 0. The summed E-state index contributed by atoms with van der Waals surface area (Å²) in [5.74, 6) is -0.723. The number of hydrogen-bond acceptors (Lipinski definition) is 4. The smallest absolute Gasteiger partial charge is 0.289 e. The van der Waals surface area contributed by atoms with Gasteiger partial charge in [-0.2, -0.15) is 0 Å². The lowest BCUT2D eigenvalue weighted by atomic mass is 9.80. The van der Waals surface area contributed by atoms with Crippen LogP contribution in [0.2, 0.25) is 10.0 Å². The Hall–Kier alpha value is -2.93. The second-order valence-electron chi connectivity index (χ2n) is 10.6. The van der Waals surface area contributed by atoms with Gasteiger partial charge in [-0.25, -0.2) is 0 Å². The number of nitrogens with two attached hydrogens (primary N) is 1. The molecule has 210 valence electrons. The third-order valence-electron chi connectivity index (χ3n) is 7.91. The lowest BCUT2D eigenvalue weighted by Gasteiger charge is -2.26. The summed E-state index contributed by atoms with van der Waals surface area (Å²) < 4.78 is 18.9. The van der Waals surface area contributed by atoms with E-state index in [9.17, 15) is 14.0 Å². The van der Waals surface area contributed by atoms with E-state index < -0.39 is 11.7 Å². The standard InChI is InChI=1S/C32H33Cl2FN2O3/c33-23-8-12-27(29(34)18-23)28-4-1-3-21-17-22(31(38)32(36)39)7-11-26(21)30(28)20-5-9-24(10-6-20)40-25-13-16-37(19-25)15-2-14-35/h5,7-12,17-18,20,25H,1-4,6,13-16,19H2,(H2,36,39). The molecular formula is C32H33Cl2FN2O3. The van der Waals surface area contributed by atoms with Gasteiger partial charge in [0.25, 0.3) is 5.91 Å². The second-order valence-corrected chi connectivity index (χ2v) is 11.5. The van der Waals surface area contributed by atoms with Crippen LogP contribution in [-0.4, -0.2) is 49.0 Å². The van der Waals surface area contributed by atoms with Crippen LogP contribution >= 0.6 is 23.2 Å². The summed E-state index contributed by atoms with van der Waals surface area (Å²) in [6, 6.07) is 11.0. The van der Waals surface area contributed by atoms with Crippen molar-refractivity contribution in [1.29, 1.82) is 0 Å². The monoisotopic (exact) mass is 582 g/mol. The fraction of sp³-hybridized carbons (Fsp3) is 0.375.